The number of ether oxygens (including phenoxy) is 1. The lowest BCUT2D eigenvalue weighted by molar-refractivity contribution is 0.0157. The molecule has 26 heavy (non-hydrogen) atoms. The number of rotatable bonds is 0. The highest BCUT2D eigenvalue weighted by Crippen LogP contribution is 2.34. The zero-order chi connectivity index (χ0) is 19.4. The van der Waals surface area contributed by atoms with Gasteiger partial charge in [-0.2, -0.15) is 5.26 Å². The Labute approximate surface area is 155 Å². The number of amides is 1. The second kappa shape index (κ2) is 7.62. The van der Waals surface area contributed by atoms with Crippen LogP contribution in [0.15, 0.2) is 30.0 Å². The third kappa shape index (κ3) is 5.36. The van der Waals surface area contributed by atoms with Crippen molar-refractivity contribution >= 4 is 6.09 Å². The summed E-state index contributed by atoms with van der Waals surface area (Å²) in [7, 11) is 0. The molecule has 2 heterocycles. The van der Waals surface area contributed by atoms with Crippen LogP contribution in [0.5, 0.6) is 0 Å². The summed E-state index contributed by atoms with van der Waals surface area (Å²) < 4.78 is 5.47. The lowest BCUT2D eigenvalue weighted by Crippen LogP contribution is -2.46. The first kappa shape index (κ1) is 19.5. The van der Waals surface area contributed by atoms with Gasteiger partial charge in [-0.15, -0.1) is 0 Å². The van der Waals surface area contributed by atoms with Crippen LogP contribution < -0.4 is 0 Å². The molecule has 0 saturated carbocycles. The predicted octanol–water partition coefficient (Wildman–Crippen LogP) is 3.90. The van der Waals surface area contributed by atoms with Gasteiger partial charge in [-0.25, -0.2) is 9.78 Å². The third-order valence-corrected chi connectivity index (χ3v) is 4.09. The van der Waals surface area contributed by atoms with E-state index in [9.17, 15) is 4.79 Å². The topological polar surface area (TPSA) is 66.2 Å². The van der Waals surface area contributed by atoms with E-state index in [1.807, 2.05) is 26.8 Å². The average Bonchev–Trinajstić information content (AvgIpc) is 2.54. The van der Waals surface area contributed by atoms with Gasteiger partial charge >= 0.3 is 6.09 Å². The lowest BCUT2D eigenvalue weighted by Gasteiger charge is -2.40. The normalized spacial score (nSPS) is 17.8. The largest absolute Gasteiger partial charge is 0.444 e. The molecule has 1 aromatic heterocycles. The number of hydrogen-bond donors (Lipinski definition) is 0. The molecule has 0 unspecified atom stereocenters. The van der Waals surface area contributed by atoms with E-state index in [-0.39, 0.29) is 11.5 Å². The predicted molar refractivity (Wildman–Crippen MR) is 100 cm³/mol. The summed E-state index contributed by atoms with van der Waals surface area (Å²) in [6.45, 7) is 11.0. The van der Waals surface area contributed by atoms with Crippen LogP contribution in [-0.4, -0.2) is 34.7 Å². The minimum absolute atomic E-state index is 0.175. The van der Waals surface area contributed by atoms with Crippen molar-refractivity contribution in [2.75, 3.05) is 13.1 Å². The Morgan fingerprint density at radius 3 is 2.77 bits per heavy atom. The Kier molecular flexibility index (Phi) is 5.73. The fourth-order valence-electron chi connectivity index (χ4n) is 2.77. The van der Waals surface area contributed by atoms with Gasteiger partial charge in [-0.1, -0.05) is 25.3 Å². The molecule has 5 heteroatoms. The van der Waals surface area contributed by atoms with Crippen molar-refractivity contribution in [1.82, 2.24) is 9.88 Å². The van der Waals surface area contributed by atoms with Crippen LogP contribution >= 0.6 is 0 Å². The van der Waals surface area contributed by atoms with Crippen LogP contribution in [-0.2, 0) is 4.74 Å². The van der Waals surface area contributed by atoms with Gasteiger partial charge < -0.3 is 9.64 Å². The van der Waals surface area contributed by atoms with Gasteiger partial charge in [-0.3, -0.25) is 0 Å². The molecule has 1 amide bonds. The molecular formula is C21H25N3O2. The van der Waals surface area contributed by atoms with Crippen LogP contribution in [0.4, 0.5) is 4.79 Å². The molecule has 2 rings (SSSR count). The van der Waals surface area contributed by atoms with Crippen LogP contribution in [0.25, 0.3) is 0 Å². The van der Waals surface area contributed by atoms with Crippen molar-refractivity contribution in [3.8, 4) is 17.9 Å². The van der Waals surface area contributed by atoms with Gasteiger partial charge in [0.2, 0.25) is 0 Å². The number of hydrogen-bond acceptors (Lipinski definition) is 4. The van der Waals surface area contributed by atoms with E-state index in [1.165, 1.54) is 5.57 Å². The van der Waals surface area contributed by atoms with Crippen molar-refractivity contribution in [3.05, 3.63) is 41.2 Å². The average molecular weight is 351 g/mol. The van der Waals surface area contributed by atoms with E-state index in [1.54, 1.807) is 23.2 Å². The SMILES string of the molecule is CC(C)(C)OC(=O)N1CC/C(=C\C#Cc2cc(C#N)ccn2)C(C)(C)C1. The van der Waals surface area contributed by atoms with E-state index in [0.29, 0.717) is 24.3 Å². The van der Waals surface area contributed by atoms with Gasteiger partial charge in [0.15, 0.2) is 0 Å². The first-order valence-electron chi connectivity index (χ1n) is 8.66. The second-order valence-corrected chi connectivity index (χ2v) is 8.02. The molecular weight excluding hydrogens is 326 g/mol. The quantitative estimate of drug-likeness (QED) is 0.665. The maximum absolute atomic E-state index is 12.3. The summed E-state index contributed by atoms with van der Waals surface area (Å²) in [5, 5.41) is 8.92. The van der Waals surface area contributed by atoms with Crippen molar-refractivity contribution in [1.29, 1.82) is 5.26 Å². The smallest absolute Gasteiger partial charge is 0.410 e. The van der Waals surface area contributed by atoms with Crippen molar-refractivity contribution in [2.24, 2.45) is 5.41 Å². The number of piperidine rings is 1. The fraction of sp³-hybridized carbons (Fsp3) is 0.476. The molecule has 0 atom stereocenters. The van der Waals surface area contributed by atoms with E-state index in [0.717, 1.165) is 6.42 Å². The minimum Gasteiger partial charge on any atom is -0.444 e. The van der Waals surface area contributed by atoms with Crippen molar-refractivity contribution in [3.63, 3.8) is 0 Å². The maximum Gasteiger partial charge on any atom is 0.410 e. The zero-order valence-electron chi connectivity index (χ0n) is 16.1. The van der Waals surface area contributed by atoms with Crippen molar-refractivity contribution in [2.45, 2.75) is 46.6 Å². The standard InChI is InChI=1S/C21H25N3O2/c1-20(2,3)26-19(25)24-12-10-17(21(4,5)15-24)7-6-8-18-13-16(14-22)9-11-23-18/h7,9,11,13H,10,12,15H2,1-5H3/b17-7+. The van der Waals surface area contributed by atoms with E-state index in [4.69, 9.17) is 10.00 Å². The second-order valence-electron chi connectivity index (χ2n) is 8.02. The summed E-state index contributed by atoms with van der Waals surface area (Å²) in [6.07, 6.45) is 3.98. The monoisotopic (exact) mass is 351 g/mol. The number of likely N-dealkylation sites (tertiary alicyclic amines) is 1. The Hall–Kier alpha value is -2.79. The fourth-order valence-corrected chi connectivity index (χ4v) is 2.77. The number of nitrogens with zero attached hydrogens (tertiary/aromatic N) is 3. The summed E-state index contributed by atoms with van der Waals surface area (Å²) in [5.74, 6) is 6.02. The number of pyridine rings is 1. The first-order valence-corrected chi connectivity index (χ1v) is 8.66. The Morgan fingerprint density at radius 2 is 2.15 bits per heavy atom. The van der Waals surface area contributed by atoms with E-state index >= 15 is 0 Å². The molecule has 1 aliphatic rings. The van der Waals surface area contributed by atoms with Gasteiger partial charge in [-0.05, 0) is 51.3 Å². The first-order chi connectivity index (χ1) is 12.1. The molecule has 1 saturated heterocycles. The maximum atomic E-state index is 12.3. The molecule has 0 spiro atoms. The van der Waals surface area contributed by atoms with Gasteiger partial charge in [0.05, 0.1) is 11.6 Å². The molecule has 136 valence electrons. The highest BCUT2D eigenvalue weighted by atomic mass is 16.6. The third-order valence-electron chi connectivity index (χ3n) is 4.09. The molecule has 1 aliphatic heterocycles. The van der Waals surface area contributed by atoms with Gasteiger partial charge in [0.25, 0.3) is 0 Å². The Bertz CT molecular complexity index is 814. The zero-order valence-corrected chi connectivity index (χ0v) is 16.1. The van der Waals surface area contributed by atoms with Crippen LogP contribution in [0.2, 0.25) is 0 Å². The summed E-state index contributed by atoms with van der Waals surface area (Å²) in [5.41, 5.74) is 1.65. The van der Waals surface area contributed by atoms with Crippen LogP contribution in [0, 0.1) is 28.6 Å². The molecule has 1 aromatic rings. The highest BCUT2D eigenvalue weighted by Gasteiger charge is 2.34. The molecule has 5 nitrogen and oxygen atoms in total. The minimum atomic E-state index is -0.492. The molecule has 0 N–H and O–H groups in total. The van der Waals surface area contributed by atoms with Gasteiger partial charge in [0, 0.05) is 24.7 Å². The lowest BCUT2D eigenvalue weighted by atomic mass is 9.79. The molecule has 0 bridgehead atoms. The number of aromatic nitrogens is 1. The number of allylic oxidation sites excluding steroid dienone is 1. The number of carbonyl (C=O) groups excluding carboxylic acids is 1. The summed E-state index contributed by atoms with van der Waals surface area (Å²) in [4.78, 5) is 18.2. The van der Waals surface area contributed by atoms with Crippen molar-refractivity contribution < 1.29 is 9.53 Å². The molecule has 0 aromatic carbocycles. The Balaban J connectivity index is 2.09. The molecule has 0 radical (unpaired) electrons. The van der Waals surface area contributed by atoms with E-state index in [2.05, 4.69) is 36.7 Å². The van der Waals surface area contributed by atoms with Crippen LogP contribution in [0.3, 0.4) is 0 Å². The summed E-state index contributed by atoms with van der Waals surface area (Å²) >= 11 is 0. The Morgan fingerprint density at radius 1 is 1.42 bits per heavy atom. The van der Waals surface area contributed by atoms with Crippen LogP contribution in [0.1, 0.15) is 52.3 Å². The molecule has 0 aliphatic carbocycles. The summed E-state index contributed by atoms with van der Waals surface area (Å²) in [6, 6.07) is 5.40. The number of carbonyl (C=O) groups is 1. The molecule has 1 fully saturated rings. The van der Waals surface area contributed by atoms with E-state index < -0.39 is 5.60 Å². The highest BCUT2D eigenvalue weighted by molar-refractivity contribution is 5.68. The number of nitriles is 1. The van der Waals surface area contributed by atoms with Gasteiger partial charge in [0.1, 0.15) is 11.3 Å².